The Bertz CT molecular complexity index is 348. The molecule has 0 aliphatic rings. The second-order valence-electron chi connectivity index (χ2n) is 4.47. The zero-order valence-corrected chi connectivity index (χ0v) is 10.2. The molecule has 0 aromatic carbocycles. The van der Waals surface area contributed by atoms with Gasteiger partial charge in [0.2, 0.25) is 6.39 Å². The highest BCUT2D eigenvalue weighted by Crippen LogP contribution is 2.19. The van der Waals surface area contributed by atoms with Crippen LogP contribution in [-0.4, -0.2) is 34.3 Å². The number of amidine groups is 1. The Morgan fingerprint density at radius 2 is 2.35 bits per heavy atom. The molecule has 0 unspecified atom stereocenters. The lowest BCUT2D eigenvalue weighted by Crippen LogP contribution is -2.35. The molecule has 1 aromatic rings. The van der Waals surface area contributed by atoms with Gasteiger partial charge in [0.25, 0.3) is 0 Å². The van der Waals surface area contributed by atoms with Gasteiger partial charge in [-0.3, -0.25) is 0 Å². The summed E-state index contributed by atoms with van der Waals surface area (Å²) in [4.78, 5) is 3.91. The second-order valence-corrected chi connectivity index (χ2v) is 4.47. The standard InChI is InChI=1S/C10H19N5O2/c1-10(2,9(11)14-16)4-6-12-5-3-8-13-7-17-15-8/h7,12,16H,3-6H2,1-2H3,(H2,11,14). The van der Waals surface area contributed by atoms with Gasteiger partial charge >= 0.3 is 0 Å². The maximum absolute atomic E-state index is 8.61. The van der Waals surface area contributed by atoms with Crippen LogP contribution in [0.1, 0.15) is 26.1 Å². The van der Waals surface area contributed by atoms with Gasteiger partial charge in [0.1, 0.15) is 5.84 Å². The molecule has 7 heteroatoms. The number of hydrogen-bond acceptors (Lipinski definition) is 6. The van der Waals surface area contributed by atoms with Gasteiger partial charge < -0.3 is 20.8 Å². The normalized spacial score (nSPS) is 12.9. The van der Waals surface area contributed by atoms with E-state index in [1.807, 2.05) is 13.8 Å². The molecule has 17 heavy (non-hydrogen) atoms. The fourth-order valence-corrected chi connectivity index (χ4v) is 1.29. The third-order valence-corrected chi connectivity index (χ3v) is 2.66. The Labute approximate surface area is 100 Å². The van der Waals surface area contributed by atoms with Crippen LogP contribution in [0.3, 0.4) is 0 Å². The van der Waals surface area contributed by atoms with Gasteiger partial charge in [0.05, 0.1) is 0 Å². The van der Waals surface area contributed by atoms with Crippen LogP contribution >= 0.6 is 0 Å². The van der Waals surface area contributed by atoms with E-state index in [0.29, 0.717) is 5.82 Å². The van der Waals surface area contributed by atoms with E-state index in [0.717, 1.165) is 25.9 Å². The van der Waals surface area contributed by atoms with Crippen LogP contribution in [0, 0.1) is 5.41 Å². The van der Waals surface area contributed by atoms with Crippen molar-refractivity contribution in [3.8, 4) is 0 Å². The van der Waals surface area contributed by atoms with E-state index in [2.05, 4.69) is 25.1 Å². The van der Waals surface area contributed by atoms with Crippen molar-refractivity contribution in [1.82, 2.24) is 15.5 Å². The van der Waals surface area contributed by atoms with Crippen molar-refractivity contribution < 1.29 is 9.73 Å². The molecule has 4 N–H and O–H groups in total. The molecule has 0 fully saturated rings. The number of oxime groups is 1. The van der Waals surface area contributed by atoms with Crippen LogP contribution in [0.15, 0.2) is 16.1 Å². The third-order valence-electron chi connectivity index (χ3n) is 2.66. The van der Waals surface area contributed by atoms with E-state index >= 15 is 0 Å². The second kappa shape index (κ2) is 6.19. The summed E-state index contributed by atoms with van der Waals surface area (Å²) in [7, 11) is 0. The van der Waals surface area contributed by atoms with Crippen molar-refractivity contribution in [2.45, 2.75) is 26.7 Å². The third kappa shape index (κ3) is 4.39. The molecule has 0 saturated carbocycles. The maximum atomic E-state index is 8.61. The summed E-state index contributed by atoms with van der Waals surface area (Å²) in [6.45, 7) is 5.42. The van der Waals surface area contributed by atoms with Crippen LogP contribution in [-0.2, 0) is 6.42 Å². The van der Waals surface area contributed by atoms with Crippen molar-refractivity contribution in [1.29, 1.82) is 0 Å². The SMILES string of the molecule is CC(C)(CCNCCc1ncon1)C(N)=NO. The summed E-state index contributed by atoms with van der Waals surface area (Å²) >= 11 is 0. The van der Waals surface area contributed by atoms with E-state index in [4.69, 9.17) is 10.9 Å². The number of nitrogens with zero attached hydrogens (tertiary/aromatic N) is 3. The van der Waals surface area contributed by atoms with Gasteiger partial charge in [0, 0.05) is 18.4 Å². The summed E-state index contributed by atoms with van der Waals surface area (Å²) in [5.74, 6) is 0.936. The summed E-state index contributed by atoms with van der Waals surface area (Å²) in [6.07, 6.45) is 2.83. The van der Waals surface area contributed by atoms with Gasteiger partial charge in [-0.2, -0.15) is 4.98 Å². The molecule has 0 amide bonds. The van der Waals surface area contributed by atoms with E-state index in [1.54, 1.807) is 0 Å². The quantitative estimate of drug-likeness (QED) is 0.209. The zero-order chi connectivity index (χ0) is 12.7. The molecule has 1 heterocycles. The first kappa shape index (κ1) is 13.4. The molecule has 0 aliphatic heterocycles. The Balaban J connectivity index is 2.16. The zero-order valence-electron chi connectivity index (χ0n) is 10.2. The predicted octanol–water partition coefficient (Wildman–Crippen LogP) is 0.364. The van der Waals surface area contributed by atoms with Gasteiger partial charge in [-0.15, -0.1) is 0 Å². The molecule has 0 aliphatic carbocycles. The fourth-order valence-electron chi connectivity index (χ4n) is 1.29. The fraction of sp³-hybridized carbons (Fsp3) is 0.700. The summed E-state index contributed by atoms with van der Waals surface area (Å²) in [5, 5.41) is 18.6. The summed E-state index contributed by atoms with van der Waals surface area (Å²) in [5.41, 5.74) is 5.27. The van der Waals surface area contributed by atoms with Crippen molar-refractivity contribution in [2.75, 3.05) is 13.1 Å². The lowest BCUT2D eigenvalue weighted by molar-refractivity contribution is 0.305. The number of nitrogens with two attached hydrogens (primary N) is 1. The van der Waals surface area contributed by atoms with Crippen LogP contribution in [0.5, 0.6) is 0 Å². The molecule has 0 radical (unpaired) electrons. The predicted molar refractivity (Wildman–Crippen MR) is 62.7 cm³/mol. The molecule has 1 aromatic heterocycles. The maximum Gasteiger partial charge on any atom is 0.213 e. The Morgan fingerprint density at radius 3 is 2.94 bits per heavy atom. The van der Waals surface area contributed by atoms with Crippen LogP contribution < -0.4 is 11.1 Å². The Kier molecular flexibility index (Phi) is 4.89. The first-order chi connectivity index (χ1) is 8.06. The molecule has 7 nitrogen and oxygen atoms in total. The highest BCUT2D eigenvalue weighted by molar-refractivity contribution is 5.85. The average molecular weight is 241 g/mol. The van der Waals surface area contributed by atoms with Crippen LogP contribution in [0.25, 0.3) is 0 Å². The van der Waals surface area contributed by atoms with Crippen molar-refractivity contribution >= 4 is 5.84 Å². The molecule has 96 valence electrons. The van der Waals surface area contributed by atoms with Crippen LogP contribution in [0.2, 0.25) is 0 Å². The molecule has 0 spiro atoms. The molecule has 0 saturated heterocycles. The molecule has 1 rings (SSSR count). The first-order valence-corrected chi connectivity index (χ1v) is 5.50. The van der Waals surface area contributed by atoms with Gasteiger partial charge in [-0.25, -0.2) is 0 Å². The van der Waals surface area contributed by atoms with Gasteiger partial charge in [-0.05, 0) is 13.0 Å². The Hall–Kier alpha value is -1.63. The number of nitrogens with one attached hydrogen (secondary N) is 1. The van der Waals surface area contributed by atoms with E-state index in [-0.39, 0.29) is 11.3 Å². The average Bonchev–Trinajstić information content (AvgIpc) is 2.80. The smallest absolute Gasteiger partial charge is 0.213 e. The summed E-state index contributed by atoms with van der Waals surface area (Å²) < 4.78 is 4.62. The first-order valence-electron chi connectivity index (χ1n) is 5.50. The van der Waals surface area contributed by atoms with E-state index in [9.17, 15) is 0 Å². The highest BCUT2D eigenvalue weighted by atomic mass is 16.5. The number of aromatic nitrogens is 2. The number of rotatable bonds is 7. The molecular formula is C10H19N5O2. The van der Waals surface area contributed by atoms with E-state index in [1.165, 1.54) is 6.39 Å². The Morgan fingerprint density at radius 1 is 1.59 bits per heavy atom. The monoisotopic (exact) mass is 241 g/mol. The van der Waals surface area contributed by atoms with Crippen LogP contribution in [0.4, 0.5) is 0 Å². The minimum Gasteiger partial charge on any atom is -0.409 e. The lowest BCUT2D eigenvalue weighted by atomic mass is 9.88. The largest absolute Gasteiger partial charge is 0.409 e. The van der Waals surface area contributed by atoms with Crippen molar-refractivity contribution in [3.05, 3.63) is 12.2 Å². The summed E-state index contributed by atoms with van der Waals surface area (Å²) in [6, 6.07) is 0. The number of hydrogen-bond donors (Lipinski definition) is 3. The molecule has 0 bridgehead atoms. The minimum absolute atomic E-state index is 0.248. The topological polar surface area (TPSA) is 110 Å². The lowest BCUT2D eigenvalue weighted by Gasteiger charge is -2.22. The van der Waals surface area contributed by atoms with Crippen molar-refractivity contribution in [2.24, 2.45) is 16.3 Å². The van der Waals surface area contributed by atoms with E-state index < -0.39 is 0 Å². The highest BCUT2D eigenvalue weighted by Gasteiger charge is 2.22. The van der Waals surface area contributed by atoms with Gasteiger partial charge in [0.15, 0.2) is 5.82 Å². The molecule has 0 atom stereocenters. The molecular weight excluding hydrogens is 222 g/mol. The van der Waals surface area contributed by atoms with Gasteiger partial charge in [-0.1, -0.05) is 24.2 Å². The minimum atomic E-state index is -0.312. The van der Waals surface area contributed by atoms with Crippen molar-refractivity contribution in [3.63, 3.8) is 0 Å².